The van der Waals surface area contributed by atoms with Crippen molar-refractivity contribution in [3.63, 3.8) is 0 Å². The molecule has 0 atom stereocenters. The number of nitro groups is 1. The van der Waals surface area contributed by atoms with Gasteiger partial charge in [-0.3, -0.25) is 10.1 Å². The molecule has 0 saturated heterocycles. The quantitative estimate of drug-likeness (QED) is 0.115. The van der Waals surface area contributed by atoms with Crippen LogP contribution in [0.5, 0.6) is 5.75 Å². The van der Waals surface area contributed by atoms with Gasteiger partial charge in [-0.25, -0.2) is 4.79 Å². The summed E-state index contributed by atoms with van der Waals surface area (Å²) >= 11 is 0. The van der Waals surface area contributed by atoms with E-state index in [-0.39, 0.29) is 24.6 Å². The van der Waals surface area contributed by atoms with E-state index in [1.807, 2.05) is 0 Å². The van der Waals surface area contributed by atoms with E-state index in [9.17, 15) is 19.7 Å². The Balaban J connectivity index is 0.00000324. The molecule has 1 rings (SSSR count). The largest absolute Gasteiger partial charge is 0.527 e. The van der Waals surface area contributed by atoms with E-state index in [2.05, 4.69) is 10.1 Å². The molecule has 1 aromatic carbocycles. The number of nitrogens with one attached hydrogen (secondary N) is 1. The standard InChI is InChI=1S/C10H9N2O6.Fm/c13-7-11-5-6-17-10(14)18-9-3-1-8(2-4-9)12(15)16;/h1-4H,5-6H2,(H,11,13);/q-1;. The number of rotatable bonds is 6. The molecule has 8 nitrogen and oxygen atoms in total. The first-order chi connectivity index (χ1) is 8.63. The van der Waals surface area contributed by atoms with Crippen LogP contribution < -0.4 is 10.1 Å². The predicted molar refractivity (Wildman–Crippen MR) is 58.8 cm³/mol. The van der Waals surface area contributed by atoms with Gasteiger partial charge in [-0.1, -0.05) is 0 Å². The Hall–Kier alpha value is -3.64. The molecule has 0 aromatic heterocycles. The number of hydrogen-bond acceptors (Lipinski definition) is 6. The van der Waals surface area contributed by atoms with Gasteiger partial charge in [0.25, 0.3) is 5.69 Å². The third-order valence-corrected chi connectivity index (χ3v) is 1.77. The van der Waals surface area contributed by atoms with Crippen LogP contribution in [0.25, 0.3) is 0 Å². The number of ether oxygens (including phenoxy) is 2. The van der Waals surface area contributed by atoms with Gasteiger partial charge in [0.15, 0.2) is 0 Å². The fourth-order valence-corrected chi connectivity index (χ4v) is 0.998. The van der Waals surface area contributed by atoms with Crippen molar-refractivity contribution in [1.82, 2.24) is 5.32 Å². The molecule has 0 aliphatic carbocycles. The fourth-order valence-electron chi connectivity index (χ4n) is 0.998. The van der Waals surface area contributed by atoms with Crippen LogP contribution in [0.1, 0.15) is 0 Å². The molecule has 0 bridgehead atoms. The molecule has 1 amide bonds. The van der Waals surface area contributed by atoms with Crippen molar-refractivity contribution in [3.8, 4) is 5.75 Å². The normalized spacial score (nSPS) is 8.84. The number of hydrogen-bond donors (Lipinski definition) is 1. The molecular weight excluding hydrogens is 501 g/mol. The van der Waals surface area contributed by atoms with E-state index in [0.29, 0.717) is 0 Å². The average molecular weight is 510 g/mol. The van der Waals surface area contributed by atoms with Gasteiger partial charge in [0, 0.05) is 18.7 Å². The molecule has 0 aliphatic heterocycles. The summed E-state index contributed by atoms with van der Waals surface area (Å²) < 4.78 is 9.31. The molecular formula is C10H9FmN2O6-. The zero-order chi connectivity index (χ0) is 13.4. The van der Waals surface area contributed by atoms with Crippen molar-refractivity contribution in [2.24, 2.45) is 0 Å². The Labute approximate surface area is 102 Å². The van der Waals surface area contributed by atoms with Gasteiger partial charge < -0.3 is 19.6 Å². The molecule has 0 radical (unpaired) electrons. The summed E-state index contributed by atoms with van der Waals surface area (Å²) in [5, 5.41) is 12.5. The number of nitro benzene ring substituents is 1. The zero-order valence-electron chi connectivity index (χ0n) is 9.41. The molecule has 0 unspecified atom stereocenters. The second kappa shape index (κ2) is 7.60. The maximum atomic E-state index is 11.1. The summed E-state index contributed by atoms with van der Waals surface area (Å²) in [5.41, 5.74) is -0.110. The Kier molecular flexibility index (Phi) is 6.15. The number of nitrogens with zero attached hydrogens (tertiary/aromatic N) is 1. The SMILES string of the molecule is O=[C-]NCCOC(=O)Oc1ccc([N+](=O)[O-])cc1.[Fm]. The van der Waals surface area contributed by atoms with Crippen LogP contribution in [-0.2, 0) is 9.53 Å². The van der Waals surface area contributed by atoms with Crippen molar-refractivity contribution in [2.45, 2.75) is 0 Å². The fraction of sp³-hybridized carbons (Fsp3) is 0.200. The summed E-state index contributed by atoms with van der Waals surface area (Å²) in [6.45, 7) is 0.0694. The van der Waals surface area contributed by atoms with Gasteiger partial charge in [-0.15, -0.1) is 0 Å². The third-order valence-electron chi connectivity index (χ3n) is 1.77. The van der Waals surface area contributed by atoms with Crippen LogP contribution in [-0.4, -0.2) is 30.6 Å². The van der Waals surface area contributed by atoms with E-state index >= 15 is 0 Å². The Morgan fingerprint density at radius 2 is 2.00 bits per heavy atom. The molecule has 1 N–H and O–H groups in total. The summed E-state index contributed by atoms with van der Waals surface area (Å²) in [7, 11) is 0. The molecule has 0 heterocycles. The van der Waals surface area contributed by atoms with Crippen LogP contribution in [0, 0.1) is 10.1 Å². The molecule has 108 valence electrons. The Morgan fingerprint density at radius 3 is 2.53 bits per heavy atom. The molecule has 0 fully saturated rings. The maximum Gasteiger partial charge on any atom is 0.513 e. The minimum Gasteiger partial charge on any atom is -0.527 e. The number of carbonyl (C=O) groups is 1. The third kappa shape index (κ3) is 5.29. The first-order valence-electron chi connectivity index (χ1n) is 4.82. The van der Waals surface area contributed by atoms with Gasteiger partial charge >= 0.3 is 6.16 Å². The van der Waals surface area contributed by atoms with Crippen molar-refractivity contribution < 1.29 is 24.0 Å². The number of amides is 1. The van der Waals surface area contributed by atoms with E-state index < -0.39 is 11.1 Å². The summed E-state index contributed by atoms with van der Waals surface area (Å²) in [6, 6.07) is 4.95. The van der Waals surface area contributed by atoms with Crippen molar-refractivity contribution >= 4 is 18.3 Å². The van der Waals surface area contributed by atoms with Crippen LogP contribution in [0.3, 0.4) is 0 Å². The number of carbonyl (C=O) groups excluding carboxylic acids is 2. The summed E-state index contributed by atoms with van der Waals surface area (Å²) in [6.07, 6.45) is 0.450. The first-order valence-corrected chi connectivity index (χ1v) is 4.82. The van der Waals surface area contributed by atoms with Crippen molar-refractivity contribution in [3.05, 3.63) is 34.4 Å². The van der Waals surface area contributed by atoms with Crippen LogP contribution in [0.2, 0.25) is 0 Å². The summed E-state index contributed by atoms with van der Waals surface area (Å²) in [5.74, 6) is 0.125. The minimum atomic E-state index is -0.962. The molecule has 1 aromatic rings. The van der Waals surface area contributed by atoms with E-state index in [1.165, 1.54) is 30.7 Å². The molecule has 19 heavy (non-hydrogen) atoms. The summed E-state index contributed by atoms with van der Waals surface area (Å²) in [4.78, 5) is 30.7. The Morgan fingerprint density at radius 1 is 1.37 bits per heavy atom. The molecule has 9 heteroatoms. The monoisotopic (exact) mass is 510 g/mol. The van der Waals surface area contributed by atoms with Gasteiger partial charge in [0.2, 0.25) is 0 Å². The second-order valence-electron chi connectivity index (χ2n) is 2.98. The van der Waals surface area contributed by atoms with Crippen molar-refractivity contribution in [1.29, 1.82) is 0 Å². The smallest absolute Gasteiger partial charge is 0.513 e. The van der Waals surface area contributed by atoms with Crippen LogP contribution in [0.15, 0.2) is 24.3 Å². The van der Waals surface area contributed by atoms with Gasteiger partial charge in [-0.05, 0) is 12.1 Å². The van der Waals surface area contributed by atoms with Crippen LogP contribution >= 0.6 is 0 Å². The van der Waals surface area contributed by atoms with E-state index in [0.717, 1.165) is 0 Å². The predicted octanol–water partition coefficient (Wildman–Crippen LogP) is 0.767. The zero-order valence-corrected chi connectivity index (χ0v) is 11.8. The molecule has 0 saturated carbocycles. The minimum absolute atomic E-state index is 0. The number of benzene rings is 1. The van der Waals surface area contributed by atoms with E-state index in [1.54, 1.807) is 0 Å². The van der Waals surface area contributed by atoms with Gasteiger partial charge in [0.05, 0.1) is 4.92 Å². The molecule has 0 aliphatic rings. The van der Waals surface area contributed by atoms with Crippen LogP contribution in [0.4, 0.5) is 10.5 Å². The van der Waals surface area contributed by atoms with Gasteiger partial charge in [-0.2, -0.15) is 6.41 Å². The number of non-ortho nitro benzene ring substituents is 1. The molecule has 0 spiro atoms. The maximum absolute atomic E-state index is 11.1. The van der Waals surface area contributed by atoms with Gasteiger partial charge in [0.1, 0.15) is 12.4 Å². The Bertz CT molecular complexity index is 436. The average Bonchev–Trinajstić information content (AvgIpc) is 2.35. The van der Waals surface area contributed by atoms with E-state index in [4.69, 9.17) is 4.74 Å². The second-order valence-corrected chi connectivity index (χ2v) is 2.98. The van der Waals surface area contributed by atoms with Crippen molar-refractivity contribution in [2.75, 3.05) is 13.2 Å². The topological polar surface area (TPSA) is 108 Å². The first kappa shape index (κ1) is 15.4.